The molecule has 248 valence electrons. The Morgan fingerprint density at radius 1 is 0.761 bits per heavy atom. The van der Waals surface area contributed by atoms with E-state index in [2.05, 4.69) is 11.3 Å². The molecule has 0 atom stereocenters. The van der Waals surface area contributed by atoms with E-state index >= 15 is 13.2 Å². The van der Waals surface area contributed by atoms with Gasteiger partial charge in [-0.3, -0.25) is 0 Å². The van der Waals surface area contributed by atoms with E-state index in [-0.39, 0.29) is 29.0 Å². The summed E-state index contributed by atoms with van der Waals surface area (Å²) in [6.45, 7) is 5.52. The lowest BCUT2D eigenvalue weighted by atomic mass is 9.68. The normalized spacial score (nSPS) is 22.1. The number of hydrogen-bond acceptors (Lipinski definition) is 1. The smallest absolute Gasteiger partial charge is 0.429 e. The Balaban J connectivity index is 1.25. The average molecular weight is 647 g/mol. The van der Waals surface area contributed by atoms with Crippen molar-refractivity contribution in [1.82, 2.24) is 0 Å². The van der Waals surface area contributed by atoms with Gasteiger partial charge in [0.25, 0.3) is 0 Å². The van der Waals surface area contributed by atoms with Crippen molar-refractivity contribution < 1.29 is 35.5 Å². The Hall–Kier alpha value is -3.29. The topological polar surface area (TPSA) is 9.23 Å². The van der Waals surface area contributed by atoms with Crippen LogP contribution in [0.15, 0.2) is 55.1 Å². The van der Waals surface area contributed by atoms with Gasteiger partial charge in [0.1, 0.15) is 40.4 Å². The molecule has 5 rings (SSSR count). The second kappa shape index (κ2) is 14.6. The first-order valence-corrected chi connectivity index (χ1v) is 16.5. The monoisotopic (exact) mass is 646 g/mol. The molecule has 2 saturated carbocycles. The highest BCUT2D eigenvalue weighted by atomic mass is 19.3. The van der Waals surface area contributed by atoms with Gasteiger partial charge in [-0.05, 0) is 111 Å². The molecule has 0 bridgehead atoms. The Labute approximate surface area is 266 Å². The van der Waals surface area contributed by atoms with E-state index in [4.69, 9.17) is 0 Å². The summed E-state index contributed by atoms with van der Waals surface area (Å²) in [6, 6.07) is 6.85. The SMILES string of the molecule is C=CCCC1CCC(C2CCC(c3ccc(-c4cc(F)c(C(F)(F)Oc5cc(F)c(CCC)c(F)c5)c(F)c4)c(F)c3)CC2)CC1. The first-order chi connectivity index (χ1) is 22.0. The van der Waals surface area contributed by atoms with Gasteiger partial charge in [-0.2, -0.15) is 8.78 Å². The molecule has 0 heterocycles. The van der Waals surface area contributed by atoms with Crippen molar-refractivity contribution in [1.29, 1.82) is 0 Å². The number of hydrogen-bond donors (Lipinski definition) is 0. The van der Waals surface area contributed by atoms with Crippen LogP contribution in [0.5, 0.6) is 5.75 Å². The van der Waals surface area contributed by atoms with Gasteiger partial charge in [0.15, 0.2) is 0 Å². The minimum Gasteiger partial charge on any atom is -0.429 e. The first-order valence-electron chi connectivity index (χ1n) is 16.5. The summed E-state index contributed by atoms with van der Waals surface area (Å²) in [5, 5.41) is 0. The van der Waals surface area contributed by atoms with Gasteiger partial charge in [0.05, 0.1) is 0 Å². The fourth-order valence-corrected chi connectivity index (χ4v) is 7.58. The van der Waals surface area contributed by atoms with Gasteiger partial charge >= 0.3 is 6.11 Å². The molecule has 1 nitrogen and oxygen atoms in total. The molecule has 0 aromatic heterocycles. The quantitative estimate of drug-likeness (QED) is 0.149. The summed E-state index contributed by atoms with van der Waals surface area (Å²) < 4.78 is 108. The largest absolute Gasteiger partial charge is 0.432 e. The summed E-state index contributed by atoms with van der Waals surface area (Å²) in [5.41, 5.74) is -1.61. The number of rotatable bonds is 11. The number of ether oxygens (including phenoxy) is 1. The van der Waals surface area contributed by atoms with Crippen LogP contribution in [0.3, 0.4) is 0 Å². The molecule has 2 fully saturated rings. The molecule has 46 heavy (non-hydrogen) atoms. The minimum atomic E-state index is -4.61. The average Bonchev–Trinajstić information content (AvgIpc) is 3.01. The predicted molar refractivity (Wildman–Crippen MR) is 166 cm³/mol. The predicted octanol–water partition coefficient (Wildman–Crippen LogP) is 12.2. The van der Waals surface area contributed by atoms with Crippen LogP contribution in [0.4, 0.5) is 30.7 Å². The lowest BCUT2D eigenvalue weighted by Crippen LogP contribution is -2.25. The molecule has 0 unspecified atom stereocenters. The zero-order valence-corrected chi connectivity index (χ0v) is 26.2. The van der Waals surface area contributed by atoms with Crippen LogP contribution in [0.2, 0.25) is 0 Å². The van der Waals surface area contributed by atoms with Crippen LogP contribution < -0.4 is 4.74 Å². The summed E-state index contributed by atoms with van der Waals surface area (Å²) in [6.07, 6.45) is 9.33. The van der Waals surface area contributed by atoms with E-state index in [1.165, 1.54) is 44.2 Å². The summed E-state index contributed by atoms with van der Waals surface area (Å²) in [4.78, 5) is 0. The summed E-state index contributed by atoms with van der Waals surface area (Å²) in [7, 11) is 0. The molecular formula is C38H41F7O. The van der Waals surface area contributed by atoms with Crippen molar-refractivity contribution in [3.63, 3.8) is 0 Å². The van der Waals surface area contributed by atoms with Gasteiger partial charge in [-0.25, -0.2) is 22.0 Å². The number of alkyl halides is 2. The maximum atomic E-state index is 15.3. The van der Waals surface area contributed by atoms with Crippen LogP contribution in [0, 0.1) is 46.8 Å². The highest BCUT2D eigenvalue weighted by Gasteiger charge is 2.42. The molecule has 0 amide bonds. The second-order valence-electron chi connectivity index (χ2n) is 13.0. The highest BCUT2D eigenvalue weighted by molar-refractivity contribution is 5.65. The van der Waals surface area contributed by atoms with Crippen LogP contribution in [0.25, 0.3) is 11.1 Å². The zero-order valence-electron chi connectivity index (χ0n) is 26.2. The molecule has 0 saturated heterocycles. The zero-order chi connectivity index (χ0) is 33.0. The number of allylic oxidation sites excluding steroid dienone is 1. The standard InChI is InChI=1S/C38H41F7O/c1-3-5-7-23-8-10-24(11-9-23)25-12-14-26(15-13-25)27-16-17-30(32(39)18-27)28-19-35(42)37(36(43)20-28)38(44,45)46-29-21-33(40)31(6-4-2)34(41)22-29/h3,16-26H,1,4-15H2,2H3. The summed E-state index contributed by atoms with van der Waals surface area (Å²) in [5.74, 6) is -4.77. The van der Waals surface area contributed by atoms with Crippen LogP contribution in [-0.2, 0) is 12.5 Å². The lowest BCUT2D eigenvalue weighted by Gasteiger charge is -2.38. The molecule has 2 aliphatic rings. The van der Waals surface area contributed by atoms with Crippen molar-refractivity contribution >= 4 is 0 Å². The third-order valence-corrected chi connectivity index (χ3v) is 10.1. The Morgan fingerprint density at radius 3 is 1.89 bits per heavy atom. The third-order valence-electron chi connectivity index (χ3n) is 10.1. The van der Waals surface area contributed by atoms with Crippen LogP contribution in [-0.4, -0.2) is 0 Å². The summed E-state index contributed by atoms with van der Waals surface area (Å²) >= 11 is 0. The van der Waals surface area contributed by atoms with E-state index < -0.39 is 46.5 Å². The number of benzene rings is 3. The molecule has 0 N–H and O–H groups in total. The fourth-order valence-electron chi connectivity index (χ4n) is 7.58. The van der Waals surface area contributed by atoms with E-state index in [1.54, 1.807) is 13.0 Å². The fraction of sp³-hybridized carbons (Fsp3) is 0.474. The Bertz CT molecular complexity index is 1470. The lowest BCUT2D eigenvalue weighted by molar-refractivity contribution is -0.189. The van der Waals surface area contributed by atoms with Crippen LogP contribution in [0.1, 0.15) is 100 Å². The molecule has 2 aliphatic carbocycles. The van der Waals surface area contributed by atoms with Gasteiger partial charge < -0.3 is 4.74 Å². The van der Waals surface area contributed by atoms with Crippen molar-refractivity contribution in [2.45, 2.75) is 96.0 Å². The molecular weight excluding hydrogens is 605 g/mol. The van der Waals surface area contributed by atoms with Gasteiger partial charge in [0.2, 0.25) is 0 Å². The van der Waals surface area contributed by atoms with Gasteiger partial charge in [0, 0.05) is 23.3 Å². The van der Waals surface area contributed by atoms with Crippen LogP contribution >= 0.6 is 0 Å². The van der Waals surface area contributed by atoms with Gasteiger partial charge in [-0.15, -0.1) is 6.58 Å². The molecule has 0 spiro atoms. The van der Waals surface area contributed by atoms with Crippen molar-refractivity contribution in [3.8, 4) is 16.9 Å². The van der Waals surface area contributed by atoms with Crippen molar-refractivity contribution in [3.05, 3.63) is 101 Å². The van der Waals surface area contributed by atoms with E-state index in [0.29, 0.717) is 36.6 Å². The van der Waals surface area contributed by atoms with Crippen molar-refractivity contribution in [2.24, 2.45) is 17.8 Å². The van der Waals surface area contributed by atoms with Crippen molar-refractivity contribution in [2.75, 3.05) is 0 Å². The number of halogens is 7. The maximum absolute atomic E-state index is 15.3. The van der Waals surface area contributed by atoms with Gasteiger partial charge in [-0.1, -0.05) is 44.4 Å². The minimum absolute atomic E-state index is 0.0373. The Morgan fingerprint density at radius 2 is 1.35 bits per heavy atom. The Kier molecular flexibility index (Phi) is 10.8. The maximum Gasteiger partial charge on any atom is 0.432 e. The molecule has 0 aliphatic heterocycles. The highest BCUT2D eigenvalue weighted by Crippen LogP contribution is 2.45. The van der Waals surface area contributed by atoms with E-state index in [0.717, 1.165) is 49.5 Å². The molecule has 8 heteroatoms. The second-order valence-corrected chi connectivity index (χ2v) is 13.0. The molecule has 3 aromatic rings. The molecule has 3 aromatic carbocycles. The molecule has 0 radical (unpaired) electrons. The van der Waals surface area contributed by atoms with E-state index in [1.807, 2.05) is 6.08 Å². The third kappa shape index (κ3) is 7.63. The first kappa shape index (κ1) is 34.1. The van der Waals surface area contributed by atoms with E-state index in [9.17, 15) is 17.6 Å².